The Hall–Kier alpha value is -2.92. The van der Waals surface area contributed by atoms with E-state index < -0.39 is 0 Å². The molecular weight excluding hydrogens is 336 g/mol. The molecule has 124 valence electrons. The predicted octanol–water partition coefficient (Wildman–Crippen LogP) is 3.84. The lowest BCUT2D eigenvalue weighted by Crippen LogP contribution is -2.24. The largest absolute Gasteiger partial charge is 0.298 e. The third kappa shape index (κ3) is 2.53. The zero-order valence-corrected chi connectivity index (χ0v) is 14.5. The Morgan fingerprint density at radius 1 is 0.960 bits per heavy atom. The molecule has 25 heavy (non-hydrogen) atoms. The first-order valence-electron chi connectivity index (χ1n) is 7.86. The quantitative estimate of drug-likeness (QED) is 0.552. The second-order valence-electron chi connectivity index (χ2n) is 5.88. The molecule has 0 radical (unpaired) electrons. The van der Waals surface area contributed by atoms with Crippen LogP contribution in [0.25, 0.3) is 22.3 Å². The standard InChI is InChI=1S/C19H15ClN4O/c1-12-5-3-4-6-17(12)24-18-16(11-21-24)13(2)22-23(19(18)25)15-9-7-14(20)8-10-15/h3-11H,1-2H3. The van der Waals surface area contributed by atoms with E-state index >= 15 is 0 Å². The van der Waals surface area contributed by atoms with Crippen molar-refractivity contribution in [3.05, 3.63) is 81.4 Å². The monoisotopic (exact) mass is 350 g/mol. The van der Waals surface area contributed by atoms with Crippen LogP contribution in [-0.2, 0) is 0 Å². The summed E-state index contributed by atoms with van der Waals surface area (Å²) >= 11 is 5.95. The normalized spacial score (nSPS) is 11.2. The van der Waals surface area contributed by atoms with Gasteiger partial charge in [-0.25, -0.2) is 4.68 Å². The van der Waals surface area contributed by atoms with Gasteiger partial charge in [0, 0.05) is 10.4 Å². The summed E-state index contributed by atoms with van der Waals surface area (Å²) in [6.45, 7) is 3.87. The van der Waals surface area contributed by atoms with Crippen molar-refractivity contribution in [2.75, 3.05) is 0 Å². The minimum atomic E-state index is -0.219. The fourth-order valence-electron chi connectivity index (χ4n) is 2.91. The molecule has 0 saturated heterocycles. The molecule has 2 heterocycles. The highest BCUT2D eigenvalue weighted by molar-refractivity contribution is 6.30. The molecule has 0 amide bonds. The number of rotatable bonds is 2. The van der Waals surface area contributed by atoms with E-state index in [1.54, 1.807) is 35.1 Å². The fourth-order valence-corrected chi connectivity index (χ4v) is 3.04. The Labute approximate surface area is 149 Å². The summed E-state index contributed by atoms with van der Waals surface area (Å²) in [5.41, 5.74) is 3.61. The molecule has 0 atom stereocenters. The summed E-state index contributed by atoms with van der Waals surface area (Å²) in [4.78, 5) is 13.1. The molecule has 0 fully saturated rings. The van der Waals surface area contributed by atoms with Crippen LogP contribution < -0.4 is 5.56 Å². The molecule has 0 saturated carbocycles. The average molecular weight is 351 g/mol. The van der Waals surface area contributed by atoms with E-state index in [0.29, 0.717) is 16.2 Å². The van der Waals surface area contributed by atoms with Gasteiger partial charge in [-0.2, -0.15) is 14.9 Å². The molecular formula is C19H15ClN4O. The first-order chi connectivity index (χ1) is 12.1. The Kier molecular flexibility index (Phi) is 3.66. The van der Waals surface area contributed by atoms with Gasteiger partial charge in [-0.3, -0.25) is 4.79 Å². The van der Waals surface area contributed by atoms with Crippen LogP contribution in [0, 0.1) is 13.8 Å². The molecule has 0 aliphatic heterocycles. The van der Waals surface area contributed by atoms with Crippen LogP contribution >= 0.6 is 11.6 Å². The van der Waals surface area contributed by atoms with Crippen LogP contribution in [0.2, 0.25) is 5.02 Å². The number of halogens is 1. The highest BCUT2D eigenvalue weighted by Gasteiger charge is 2.16. The van der Waals surface area contributed by atoms with Gasteiger partial charge in [0.1, 0.15) is 5.52 Å². The fraction of sp³-hybridized carbons (Fsp3) is 0.105. The van der Waals surface area contributed by atoms with E-state index in [9.17, 15) is 4.79 Å². The molecule has 0 spiro atoms. The van der Waals surface area contributed by atoms with Gasteiger partial charge in [0.15, 0.2) is 0 Å². The van der Waals surface area contributed by atoms with E-state index in [1.807, 2.05) is 38.1 Å². The number of aryl methyl sites for hydroxylation is 2. The van der Waals surface area contributed by atoms with E-state index in [0.717, 1.165) is 22.3 Å². The third-order valence-electron chi connectivity index (χ3n) is 4.22. The highest BCUT2D eigenvalue weighted by Crippen LogP contribution is 2.20. The summed E-state index contributed by atoms with van der Waals surface area (Å²) in [6, 6.07) is 14.9. The third-order valence-corrected chi connectivity index (χ3v) is 4.47. The minimum absolute atomic E-state index is 0.219. The topological polar surface area (TPSA) is 52.7 Å². The summed E-state index contributed by atoms with van der Waals surface area (Å²) in [6.07, 6.45) is 1.69. The first kappa shape index (κ1) is 15.6. The van der Waals surface area contributed by atoms with Gasteiger partial charge in [-0.1, -0.05) is 29.8 Å². The van der Waals surface area contributed by atoms with Crippen LogP contribution in [0.5, 0.6) is 0 Å². The first-order valence-corrected chi connectivity index (χ1v) is 8.23. The van der Waals surface area contributed by atoms with Crippen molar-refractivity contribution in [1.82, 2.24) is 19.6 Å². The molecule has 0 aliphatic rings. The Balaban J connectivity index is 2.05. The van der Waals surface area contributed by atoms with Crippen molar-refractivity contribution in [3.63, 3.8) is 0 Å². The molecule has 0 aliphatic carbocycles. The molecule has 0 N–H and O–H groups in total. The Bertz CT molecular complexity index is 1140. The Morgan fingerprint density at radius 2 is 1.68 bits per heavy atom. The van der Waals surface area contributed by atoms with E-state index in [2.05, 4.69) is 10.2 Å². The van der Waals surface area contributed by atoms with Crippen LogP contribution in [0.15, 0.2) is 59.5 Å². The van der Waals surface area contributed by atoms with Crippen LogP contribution in [0.1, 0.15) is 11.3 Å². The van der Waals surface area contributed by atoms with Crippen molar-refractivity contribution in [2.45, 2.75) is 13.8 Å². The average Bonchev–Trinajstić information content (AvgIpc) is 3.05. The van der Waals surface area contributed by atoms with Gasteiger partial charge in [-0.05, 0) is 49.7 Å². The summed E-state index contributed by atoms with van der Waals surface area (Å²) in [5.74, 6) is 0. The second-order valence-corrected chi connectivity index (χ2v) is 6.32. The Morgan fingerprint density at radius 3 is 2.40 bits per heavy atom. The van der Waals surface area contributed by atoms with Gasteiger partial charge < -0.3 is 0 Å². The maximum Gasteiger partial charge on any atom is 0.298 e. The maximum absolute atomic E-state index is 13.1. The van der Waals surface area contributed by atoms with E-state index in [1.165, 1.54) is 4.68 Å². The smallest absolute Gasteiger partial charge is 0.265 e. The number of para-hydroxylation sites is 1. The van der Waals surface area contributed by atoms with Crippen LogP contribution in [-0.4, -0.2) is 19.6 Å². The molecule has 6 heteroatoms. The van der Waals surface area contributed by atoms with Gasteiger partial charge in [0.25, 0.3) is 5.56 Å². The number of benzene rings is 2. The lowest BCUT2D eigenvalue weighted by Gasteiger charge is -2.10. The second kappa shape index (κ2) is 5.86. The number of hydrogen-bond donors (Lipinski definition) is 0. The number of nitrogens with zero attached hydrogens (tertiary/aromatic N) is 4. The predicted molar refractivity (Wildman–Crippen MR) is 98.9 cm³/mol. The number of aromatic nitrogens is 4. The maximum atomic E-state index is 13.1. The van der Waals surface area contributed by atoms with Crippen molar-refractivity contribution in [1.29, 1.82) is 0 Å². The van der Waals surface area contributed by atoms with Gasteiger partial charge in [0.2, 0.25) is 0 Å². The highest BCUT2D eigenvalue weighted by atomic mass is 35.5. The molecule has 2 aromatic carbocycles. The van der Waals surface area contributed by atoms with Crippen molar-refractivity contribution >= 4 is 22.5 Å². The van der Waals surface area contributed by atoms with Crippen molar-refractivity contribution in [3.8, 4) is 11.4 Å². The van der Waals surface area contributed by atoms with Gasteiger partial charge in [0.05, 0.1) is 23.3 Å². The van der Waals surface area contributed by atoms with E-state index in [-0.39, 0.29) is 5.56 Å². The molecule has 4 aromatic rings. The zero-order chi connectivity index (χ0) is 17.6. The van der Waals surface area contributed by atoms with Gasteiger partial charge >= 0.3 is 0 Å². The summed E-state index contributed by atoms with van der Waals surface area (Å²) < 4.78 is 3.08. The molecule has 0 bridgehead atoms. The molecule has 4 rings (SSSR count). The molecule has 2 aromatic heterocycles. The molecule has 0 unspecified atom stereocenters. The number of hydrogen-bond acceptors (Lipinski definition) is 3. The lowest BCUT2D eigenvalue weighted by molar-refractivity contribution is 0.790. The SMILES string of the molecule is Cc1ccccc1-n1ncc2c(C)nn(-c3ccc(Cl)cc3)c(=O)c21. The lowest BCUT2D eigenvalue weighted by atomic mass is 10.2. The van der Waals surface area contributed by atoms with Crippen molar-refractivity contribution < 1.29 is 0 Å². The summed E-state index contributed by atoms with van der Waals surface area (Å²) in [5, 5.41) is 10.2. The summed E-state index contributed by atoms with van der Waals surface area (Å²) in [7, 11) is 0. The minimum Gasteiger partial charge on any atom is -0.265 e. The van der Waals surface area contributed by atoms with Crippen LogP contribution in [0.3, 0.4) is 0 Å². The van der Waals surface area contributed by atoms with Gasteiger partial charge in [-0.15, -0.1) is 0 Å². The number of fused-ring (bicyclic) bond motifs is 1. The van der Waals surface area contributed by atoms with Crippen molar-refractivity contribution in [2.24, 2.45) is 0 Å². The molecule has 5 nitrogen and oxygen atoms in total. The zero-order valence-electron chi connectivity index (χ0n) is 13.8. The van der Waals surface area contributed by atoms with E-state index in [4.69, 9.17) is 11.6 Å². The van der Waals surface area contributed by atoms with Crippen LogP contribution in [0.4, 0.5) is 0 Å².